The molecule has 33 heavy (non-hydrogen) atoms. The predicted molar refractivity (Wildman–Crippen MR) is 134 cm³/mol. The van der Waals surface area contributed by atoms with Crippen molar-refractivity contribution in [2.45, 2.75) is 39.3 Å². The molecule has 2 heterocycles. The van der Waals surface area contributed by atoms with Gasteiger partial charge in [0.15, 0.2) is 0 Å². The highest BCUT2D eigenvalue weighted by Crippen LogP contribution is 2.37. The van der Waals surface area contributed by atoms with Gasteiger partial charge in [0, 0.05) is 30.1 Å². The first-order valence-corrected chi connectivity index (χ1v) is 11.9. The van der Waals surface area contributed by atoms with Gasteiger partial charge in [0.25, 0.3) is 5.91 Å². The van der Waals surface area contributed by atoms with E-state index in [2.05, 4.69) is 61.2 Å². The molecule has 3 aromatic carbocycles. The molecule has 5 rings (SSSR count). The number of hydrogen-bond acceptors (Lipinski definition) is 3. The minimum absolute atomic E-state index is 0.0135. The first-order chi connectivity index (χ1) is 16.0. The van der Waals surface area contributed by atoms with Gasteiger partial charge >= 0.3 is 0 Å². The Labute approximate surface area is 200 Å². The molecule has 0 spiro atoms. The van der Waals surface area contributed by atoms with E-state index in [4.69, 9.17) is 16.7 Å². The fraction of sp³-hybridized carbons (Fsp3) is 0.286. The van der Waals surface area contributed by atoms with Crippen LogP contribution in [0.5, 0.6) is 0 Å². The molecule has 1 atom stereocenters. The van der Waals surface area contributed by atoms with Crippen molar-refractivity contribution >= 4 is 23.2 Å². The molecular weight excluding hydrogens is 430 g/mol. The quantitative estimate of drug-likeness (QED) is 0.504. The number of halogens is 1. The van der Waals surface area contributed by atoms with Crippen LogP contribution < -0.4 is 0 Å². The molecule has 5 heteroatoms. The van der Waals surface area contributed by atoms with Gasteiger partial charge in [-0.2, -0.15) is 5.10 Å². The van der Waals surface area contributed by atoms with Crippen molar-refractivity contribution in [2.75, 3.05) is 13.1 Å². The van der Waals surface area contributed by atoms with Gasteiger partial charge < -0.3 is 0 Å². The van der Waals surface area contributed by atoms with E-state index in [1.165, 1.54) is 22.3 Å². The van der Waals surface area contributed by atoms with Crippen LogP contribution in [0.15, 0.2) is 71.8 Å². The van der Waals surface area contributed by atoms with E-state index in [0.717, 1.165) is 36.3 Å². The van der Waals surface area contributed by atoms with Crippen LogP contribution in [0.2, 0.25) is 5.02 Å². The van der Waals surface area contributed by atoms with Crippen molar-refractivity contribution in [3.63, 3.8) is 0 Å². The molecule has 1 unspecified atom stereocenters. The van der Waals surface area contributed by atoms with E-state index < -0.39 is 0 Å². The number of amides is 1. The molecule has 1 amide bonds. The maximum absolute atomic E-state index is 13.6. The smallest absolute Gasteiger partial charge is 0.257 e. The molecule has 0 aromatic heterocycles. The Balaban J connectivity index is 1.44. The molecule has 4 nitrogen and oxygen atoms in total. The second kappa shape index (κ2) is 9.12. The third-order valence-corrected chi connectivity index (χ3v) is 7.05. The number of carbonyl (C=O) groups excluding carboxylic acids is 1. The lowest BCUT2D eigenvalue weighted by atomic mass is 9.95. The molecule has 0 aliphatic carbocycles. The average molecular weight is 458 g/mol. The molecule has 168 valence electrons. The maximum Gasteiger partial charge on any atom is 0.257 e. The fourth-order valence-electron chi connectivity index (χ4n) is 4.89. The van der Waals surface area contributed by atoms with Crippen LogP contribution in [0.4, 0.5) is 0 Å². The normalized spacial score (nSPS) is 18.2. The fourth-order valence-corrected chi connectivity index (χ4v) is 5.15. The van der Waals surface area contributed by atoms with Gasteiger partial charge in [0.05, 0.1) is 18.3 Å². The summed E-state index contributed by atoms with van der Waals surface area (Å²) in [5, 5.41) is 7.23. The van der Waals surface area contributed by atoms with Crippen LogP contribution in [0.25, 0.3) is 0 Å². The largest absolute Gasteiger partial charge is 0.290 e. The van der Waals surface area contributed by atoms with Crippen LogP contribution >= 0.6 is 11.6 Å². The number of hydrazone groups is 1. The summed E-state index contributed by atoms with van der Waals surface area (Å²) >= 11 is 6.57. The lowest BCUT2D eigenvalue weighted by Gasteiger charge is -2.30. The van der Waals surface area contributed by atoms with Gasteiger partial charge in [0.1, 0.15) is 0 Å². The average Bonchev–Trinajstić information content (AvgIpc) is 3.26. The number of rotatable bonds is 4. The zero-order valence-electron chi connectivity index (χ0n) is 19.1. The van der Waals surface area contributed by atoms with Crippen LogP contribution in [0.1, 0.15) is 45.8 Å². The Morgan fingerprint density at radius 3 is 2.61 bits per heavy atom. The second-order valence-electron chi connectivity index (χ2n) is 9.07. The summed E-state index contributed by atoms with van der Waals surface area (Å²) < 4.78 is 0. The molecule has 0 N–H and O–H groups in total. The van der Waals surface area contributed by atoms with E-state index >= 15 is 0 Å². The van der Waals surface area contributed by atoms with Crippen LogP contribution in [-0.4, -0.2) is 34.6 Å². The Kier molecular flexibility index (Phi) is 6.05. The molecule has 0 fully saturated rings. The van der Waals surface area contributed by atoms with Crippen molar-refractivity contribution in [2.24, 2.45) is 5.10 Å². The Bertz CT molecular complexity index is 1240. The van der Waals surface area contributed by atoms with Crippen molar-refractivity contribution < 1.29 is 4.79 Å². The Hall–Kier alpha value is -2.95. The molecule has 3 aromatic rings. The number of aryl methyl sites for hydroxylation is 2. The summed E-state index contributed by atoms with van der Waals surface area (Å²) in [5.41, 5.74) is 8.03. The highest BCUT2D eigenvalue weighted by Gasteiger charge is 2.35. The number of nitrogens with zero attached hydrogens (tertiary/aromatic N) is 3. The molecule has 0 saturated carbocycles. The zero-order valence-corrected chi connectivity index (χ0v) is 19.8. The van der Waals surface area contributed by atoms with E-state index in [9.17, 15) is 4.79 Å². The van der Waals surface area contributed by atoms with Crippen LogP contribution in [-0.2, 0) is 17.8 Å². The Morgan fingerprint density at radius 1 is 1.03 bits per heavy atom. The summed E-state index contributed by atoms with van der Waals surface area (Å²) in [6.07, 6.45) is 1.62. The summed E-state index contributed by atoms with van der Waals surface area (Å²) in [6, 6.07) is 22.5. The topological polar surface area (TPSA) is 35.9 Å². The van der Waals surface area contributed by atoms with Gasteiger partial charge in [-0.25, -0.2) is 5.01 Å². The minimum atomic E-state index is -0.196. The van der Waals surface area contributed by atoms with Crippen LogP contribution in [0.3, 0.4) is 0 Å². The number of hydrogen-bond donors (Lipinski definition) is 0. The number of carbonyl (C=O) groups is 1. The molecule has 0 bridgehead atoms. The summed E-state index contributed by atoms with van der Waals surface area (Å²) in [7, 11) is 0. The molecule has 0 radical (unpaired) electrons. The lowest BCUT2D eigenvalue weighted by molar-refractivity contribution is -0.134. The van der Waals surface area contributed by atoms with Gasteiger partial charge in [-0.3, -0.25) is 9.69 Å². The summed E-state index contributed by atoms with van der Waals surface area (Å²) in [5.74, 6) is 0.0135. The predicted octanol–water partition coefficient (Wildman–Crippen LogP) is 5.69. The van der Waals surface area contributed by atoms with Gasteiger partial charge in [0.2, 0.25) is 0 Å². The highest BCUT2D eigenvalue weighted by atomic mass is 35.5. The second-order valence-corrected chi connectivity index (χ2v) is 9.48. The summed E-state index contributed by atoms with van der Waals surface area (Å²) in [4.78, 5) is 15.8. The number of benzene rings is 3. The lowest BCUT2D eigenvalue weighted by Crippen LogP contribution is -2.40. The van der Waals surface area contributed by atoms with E-state index in [-0.39, 0.29) is 11.9 Å². The van der Waals surface area contributed by atoms with Crippen molar-refractivity contribution in [1.82, 2.24) is 9.91 Å². The van der Waals surface area contributed by atoms with Gasteiger partial charge in [-0.1, -0.05) is 71.8 Å². The summed E-state index contributed by atoms with van der Waals surface area (Å²) in [6.45, 7) is 6.19. The van der Waals surface area contributed by atoms with Gasteiger partial charge in [-0.05, 0) is 54.7 Å². The first-order valence-electron chi connectivity index (χ1n) is 11.5. The van der Waals surface area contributed by atoms with E-state index in [1.807, 2.05) is 24.3 Å². The van der Waals surface area contributed by atoms with Crippen LogP contribution in [0, 0.1) is 13.8 Å². The van der Waals surface area contributed by atoms with Gasteiger partial charge in [-0.15, -0.1) is 0 Å². The van der Waals surface area contributed by atoms with Crippen molar-refractivity contribution in [3.8, 4) is 0 Å². The highest BCUT2D eigenvalue weighted by molar-refractivity contribution is 6.31. The first kappa shape index (κ1) is 21.9. The molecule has 2 aliphatic heterocycles. The van der Waals surface area contributed by atoms with E-state index in [1.54, 1.807) is 5.01 Å². The molecule has 0 saturated heterocycles. The SMILES string of the molecule is Cc1ccc(C)c(C2=NN(C(=O)CN3CCc4ccccc4C3)C(c3ccccc3Cl)C2)c1. The Morgan fingerprint density at radius 2 is 1.79 bits per heavy atom. The van der Waals surface area contributed by atoms with E-state index in [0.29, 0.717) is 18.0 Å². The molecule has 2 aliphatic rings. The third-order valence-electron chi connectivity index (χ3n) is 6.70. The maximum atomic E-state index is 13.6. The van der Waals surface area contributed by atoms with Crippen molar-refractivity contribution in [1.29, 1.82) is 0 Å². The van der Waals surface area contributed by atoms with Crippen molar-refractivity contribution in [3.05, 3.63) is 105 Å². The third kappa shape index (κ3) is 4.46. The number of fused-ring (bicyclic) bond motifs is 1. The minimum Gasteiger partial charge on any atom is -0.290 e. The monoisotopic (exact) mass is 457 g/mol. The standard InChI is InChI=1S/C28H28ClN3O/c1-19-11-12-20(2)24(15-19)26-16-27(23-9-5-6-10-25(23)29)32(30-26)28(33)18-31-14-13-21-7-3-4-8-22(21)17-31/h3-12,15,27H,13-14,16-18H2,1-2H3. The molecular formula is C28H28ClN3O. The zero-order chi connectivity index (χ0) is 22.9.